The summed E-state index contributed by atoms with van der Waals surface area (Å²) in [6.45, 7) is 2.52. The normalized spacial score (nSPS) is 17.4. The fourth-order valence-corrected chi connectivity index (χ4v) is 2.07. The Hall–Kier alpha value is -1.89. The minimum absolute atomic E-state index is 0.0338. The Morgan fingerprint density at radius 3 is 2.83 bits per heavy atom. The van der Waals surface area contributed by atoms with Gasteiger partial charge < -0.3 is 15.0 Å². The Morgan fingerprint density at radius 1 is 1.33 bits per heavy atom. The van der Waals surface area contributed by atoms with Crippen molar-refractivity contribution in [1.29, 1.82) is 0 Å². The third kappa shape index (κ3) is 3.07. The van der Waals surface area contributed by atoms with Crippen LogP contribution >= 0.6 is 0 Å². The first-order valence-corrected chi connectivity index (χ1v) is 5.88. The molecule has 18 heavy (non-hydrogen) atoms. The molecule has 98 valence electrons. The van der Waals surface area contributed by atoms with Crippen molar-refractivity contribution in [2.24, 2.45) is 0 Å². The molecule has 0 aromatic carbocycles. The van der Waals surface area contributed by atoms with Crippen LogP contribution in [0.5, 0.6) is 0 Å². The molecule has 1 saturated heterocycles. The molecule has 1 aliphatic heterocycles. The summed E-state index contributed by atoms with van der Waals surface area (Å²) < 4.78 is 0. The number of hydrogen-bond acceptors (Lipinski definition) is 4. The van der Waals surface area contributed by atoms with Crippen LogP contribution in [0.15, 0.2) is 12.5 Å². The van der Waals surface area contributed by atoms with Gasteiger partial charge in [0.05, 0.1) is 19.1 Å². The molecule has 1 aliphatic rings. The van der Waals surface area contributed by atoms with Gasteiger partial charge in [0, 0.05) is 26.2 Å². The highest BCUT2D eigenvalue weighted by Gasteiger charge is 2.21. The number of amides is 1. The van der Waals surface area contributed by atoms with Crippen LogP contribution in [-0.4, -0.2) is 69.5 Å². The molecule has 0 bridgehead atoms. The summed E-state index contributed by atoms with van der Waals surface area (Å²) in [6.07, 6.45) is 3.76. The molecule has 0 unspecified atom stereocenters. The van der Waals surface area contributed by atoms with Crippen molar-refractivity contribution in [3.8, 4) is 0 Å². The number of carboxylic acids is 1. The molecular weight excluding hydrogens is 236 g/mol. The number of nitrogens with one attached hydrogen (secondary N) is 1. The molecule has 1 aromatic heterocycles. The fourth-order valence-electron chi connectivity index (χ4n) is 2.07. The highest BCUT2D eigenvalue weighted by Crippen LogP contribution is 2.07. The number of aliphatic carboxylic acids is 1. The van der Waals surface area contributed by atoms with Gasteiger partial charge in [0.2, 0.25) is 0 Å². The van der Waals surface area contributed by atoms with Crippen LogP contribution in [0, 0.1) is 0 Å². The van der Waals surface area contributed by atoms with Gasteiger partial charge in [-0.25, -0.2) is 4.98 Å². The van der Waals surface area contributed by atoms with Crippen molar-refractivity contribution in [2.45, 2.75) is 6.42 Å². The Kier molecular flexibility index (Phi) is 3.93. The highest BCUT2D eigenvalue weighted by molar-refractivity contribution is 5.92. The first-order valence-electron chi connectivity index (χ1n) is 5.88. The van der Waals surface area contributed by atoms with Crippen LogP contribution in [0.1, 0.15) is 16.9 Å². The second-order valence-electron chi connectivity index (χ2n) is 4.28. The van der Waals surface area contributed by atoms with Crippen LogP contribution in [0.2, 0.25) is 0 Å². The molecule has 2 N–H and O–H groups in total. The van der Waals surface area contributed by atoms with Gasteiger partial charge in [-0.15, -0.1) is 0 Å². The SMILES string of the molecule is O=C(O)CN1CCCN(C(=O)c2cnc[nH]2)CC1. The number of carbonyl (C=O) groups excluding carboxylic acids is 1. The predicted octanol–water partition coefficient (Wildman–Crippen LogP) is -0.358. The maximum atomic E-state index is 12.1. The molecule has 7 nitrogen and oxygen atoms in total. The molecule has 0 saturated carbocycles. The molecule has 2 heterocycles. The molecule has 0 radical (unpaired) electrons. The smallest absolute Gasteiger partial charge is 0.317 e. The monoisotopic (exact) mass is 252 g/mol. The lowest BCUT2D eigenvalue weighted by Crippen LogP contribution is -2.36. The number of aromatic amines is 1. The van der Waals surface area contributed by atoms with Gasteiger partial charge in [-0.05, 0) is 6.42 Å². The first kappa shape index (κ1) is 12.6. The Balaban J connectivity index is 1.93. The molecule has 0 atom stereocenters. The van der Waals surface area contributed by atoms with E-state index in [-0.39, 0.29) is 12.5 Å². The minimum atomic E-state index is -0.830. The predicted molar refractivity (Wildman–Crippen MR) is 63.2 cm³/mol. The Labute approximate surface area is 104 Å². The molecule has 1 fully saturated rings. The van der Waals surface area contributed by atoms with E-state index in [0.717, 1.165) is 6.42 Å². The Morgan fingerprint density at radius 2 is 2.17 bits per heavy atom. The van der Waals surface area contributed by atoms with E-state index >= 15 is 0 Å². The lowest BCUT2D eigenvalue weighted by molar-refractivity contribution is -0.138. The third-order valence-corrected chi connectivity index (χ3v) is 2.96. The minimum Gasteiger partial charge on any atom is -0.480 e. The average Bonchev–Trinajstić information content (AvgIpc) is 2.76. The van der Waals surface area contributed by atoms with E-state index < -0.39 is 5.97 Å². The number of nitrogens with zero attached hydrogens (tertiary/aromatic N) is 3. The lowest BCUT2D eigenvalue weighted by atomic mass is 10.3. The molecule has 1 aromatic rings. The Bertz CT molecular complexity index is 418. The second kappa shape index (κ2) is 5.63. The van der Waals surface area contributed by atoms with Gasteiger partial charge >= 0.3 is 5.97 Å². The van der Waals surface area contributed by atoms with Crippen molar-refractivity contribution in [3.63, 3.8) is 0 Å². The van der Waals surface area contributed by atoms with Gasteiger partial charge in [-0.2, -0.15) is 0 Å². The highest BCUT2D eigenvalue weighted by atomic mass is 16.4. The number of hydrogen-bond donors (Lipinski definition) is 2. The van der Waals surface area contributed by atoms with Crippen LogP contribution in [0.4, 0.5) is 0 Å². The summed E-state index contributed by atoms with van der Waals surface area (Å²) in [7, 11) is 0. The van der Waals surface area contributed by atoms with Gasteiger partial charge in [-0.3, -0.25) is 14.5 Å². The van der Waals surface area contributed by atoms with Gasteiger partial charge in [-0.1, -0.05) is 0 Å². The molecule has 2 rings (SSSR count). The van der Waals surface area contributed by atoms with E-state index in [1.807, 2.05) is 4.90 Å². The summed E-state index contributed by atoms with van der Waals surface area (Å²) >= 11 is 0. The average molecular weight is 252 g/mol. The van der Waals surface area contributed by atoms with Crippen molar-refractivity contribution in [1.82, 2.24) is 19.8 Å². The summed E-state index contributed by atoms with van der Waals surface area (Å²) in [5.74, 6) is -0.909. The van der Waals surface area contributed by atoms with Crippen molar-refractivity contribution < 1.29 is 14.7 Å². The molecular formula is C11H16N4O3. The third-order valence-electron chi connectivity index (χ3n) is 2.96. The number of H-pyrrole nitrogens is 1. The van der Waals surface area contributed by atoms with Gasteiger partial charge in [0.15, 0.2) is 0 Å². The number of carbonyl (C=O) groups is 2. The van der Waals surface area contributed by atoms with Gasteiger partial charge in [0.25, 0.3) is 5.91 Å². The van der Waals surface area contributed by atoms with Crippen LogP contribution < -0.4 is 0 Å². The van der Waals surface area contributed by atoms with Crippen LogP contribution in [0.25, 0.3) is 0 Å². The van der Waals surface area contributed by atoms with E-state index in [1.165, 1.54) is 12.5 Å². The van der Waals surface area contributed by atoms with E-state index in [9.17, 15) is 9.59 Å². The number of carboxylic acid groups (broad SMARTS) is 1. The van der Waals surface area contributed by atoms with Crippen molar-refractivity contribution >= 4 is 11.9 Å². The molecule has 0 aliphatic carbocycles. The zero-order valence-corrected chi connectivity index (χ0v) is 10.0. The van der Waals surface area contributed by atoms with E-state index in [4.69, 9.17) is 5.11 Å². The number of imidazole rings is 1. The molecule has 1 amide bonds. The van der Waals surface area contributed by atoms with Crippen LogP contribution in [-0.2, 0) is 4.79 Å². The maximum Gasteiger partial charge on any atom is 0.317 e. The zero-order valence-electron chi connectivity index (χ0n) is 10.0. The largest absolute Gasteiger partial charge is 0.480 e. The zero-order chi connectivity index (χ0) is 13.0. The summed E-state index contributed by atoms with van der Waals surface area (Å²) in [5, 5.41) is 8.75. The number of rotatable bonds is 3. The molecule has 7 heteroatoms. The van der Waals surface area contributed by atoms with Crippen molar-refractivity contribution in [2.75, 3.05) is 32.7 Å². The number of aromatic nitrogens is 2. The first-order chi connectivity index (χ1) is 8.66. The van der Waals surface area contributed by atoms with E-state index in [2.05, 4.69) is 9.97 Å². The summed E-state index contributed by atoms with van der Waals surface area (Å²) in [4.78, 5) is 32.9. The fraction of sp³-hybridized carbons (Fsp3) is 0.545. The lowest BCUT2D eigenvalue weighted by Gasteiger charge is -2.20. The topological polar surface area (TPSA) is 89.5 Å². The second-order valence-corrected chi connectivity index (χ2v) is 4.28. The van der Waals surface area contributed by atoms with Gasteiger partial charge in [0.1, 0.15) is 5.69 Å². The van der Waals surface area contributed by atoms with E-state index in [0.29, 0.717) is 31.9 Å². The van der Waals surface area contributed by atoms with Crippen molar-refractivity contribution in [3.05, 3.63) is 18.2 Å². The summed E-state index contributed by atoms with van der Waals surface area (Å²) in [5.41, 5.74) is 0.474. The molecule has 0 spiro atoms. The maximum absolute atomic E-state index is 12.1. The quantitative estimate of drug-likeness (QED) is 0.767. The standard InChI is InChI=1S/C11H16N4O3/c16-10(17)7-14-2-1-3-15(5-4-14)11(18)9-6-12-8-13-9/h6,8H,1-5,7H2,(H,12,13)(H,16,17). The van der Waals surface area contributed by atoms with E-state index in [1.54, 1.807) is 4.90 Å². The summed E-state index contributed by atoms with van der Waals surface area (Å²) in [6, 6.07) is 0. The van der Waals surface area contributed by atoms with Crippen LogP contribution in [0.3, 0.4) is 0 Å².